The van der Waals surface area contributed by atoms with Gasteiger partial charge in [-0.1, -0.05) is 31.0 Å². The number of benzene rings is 1. The standard InChI is InChI=1S/C11H12ClN/c1-2-4-8-7-13-10-6-3-5-9(12)11(8)10/h3,5-7,13H,2,4H2,1H3. The van der Waals surface area contributed by atoms with Gasteiger partial charge in [-0.15, -0.1) is 0 Å². The van der Waals surface area contributed by atoms with Gasteiger partial charge in [0.15, 0.2) is 0 Å². The first-order chi connectivity index (χ1) is 6.33. The predicted octanol–water partition coefficient (Wildman–Crippen LogP) is 3.77. The molecule has 2 rings (SSSR count). The molecular weight excluding hydrogens is 182 g/mol. The van der Waals surface area contributed by atoms with Crippen LogP contribution in [0.4, 0.5) is 0 Å². The van der Waals surface area contributed by atoms with Gasteiger partial charge in [0.05, 0.1) is 5.02 Å². The third-order valence-electron chi connectivity index (χ3n) is 2.26. The van der Waals surface area contributed by atoms with Crippen LogP contribution in [0.2, 0.25) is 5.02 Å². The molecule has 0 saturated carbocycles. The van der Waals surface area contributed by atoms with E-state index >= 15 is 0 Å². The second kappa shape index (κ2) is 3.43. The minimum absolute atomic E-state index is 0.849. The van der Waals surface area contributed by atoms with Crippen LogP contribution in [0.3, 0.4) is 0 Å². The number of rotatable bonds is 2. The highest BCUT2D eigenvalue weighted by molar-refractivity contribution is 6.35. The summed E-state index contributed by atoms with van der Waals surface area (Å²) in [6.45, 7) is 2.18. The molecule has 0 aliphatic carbocycles. The first-order valence-electron chi connectivity index (χ1n) is 4.57. The van der Waals surface area contributed by atoms with E-state index in [4.69, 9.17) is 11.6 Å². The molecule has 1 N–H and O–H groups in total. The first-order valence-corrected chi connectivity index (χ1v) is 4.95. The van der Waals surface area contributed by atoms with Crippen molar-refractivity contribution in [2.45, 2.75) is 19.8 Å². The van der Waals surface area contributed by atoms with E-state index in [0.717, 1.165) is 23.4 Å². The summed E-state index contributed by atoms with van der Waals surface area (Å²) in [4.78, 5) is 3.23. The molecule has 68 valence electrons. The molecule has 0 fully saturated rings. The van der Waals surface area contributed by atoms with Gasteiger partial charge in [-0.2, -0.15) is 0 Å². The van der Waals surface area contributed by atoms with E-state index in [1.807, 2.05) is 12.1 Å². The van der Waals surface area contributed by atoms with Crippen LogP contribution in [-0.4, -0.2) is 4.98 Å². The van der Waals surface area contributed by atoms with E-state index in [9.17, 15) is 0 Å². The number of aromatic amines is 1. The third-order valence-corrected chi connectivity index (χ3v) is 2.57. The molecule has 0 saturated heterocycles. The van der Waals surface area contributed by atoms with E-state index in [1.54, 1.807) is 0 Å². The van der Waals surface area contributed by atoms with Gasteiger partial charge in [0, 0.05) is 17.1 Å². The number of H-pyrrole nitrogens is 1. The summed E-state index contributed by atoms with van der Waals surface area (Å²) in [5.41, 5.74) is 2.46. The van der Waals surface area contributed by atoms with Gasteiger partial charge < -0.3 is 4.98 Å². The zero-order valence-corrected chi connectivity index (χ0v) is 8.36. The van der Waals surface area contributed by atoms with Crippen molar-refractivity contribution < 1.29 is 0 Å². The molecule has 2 aromatic rings. The Morgan fingerprint density at radius 2 is 2.23 bits per heavy atom. The first kappa shape index (κ1) is 8.64. The molecule has 0 amide bonds. The molecular formula is C11H12ClN. The molecule has 1 heterocycles. The summed E-state index contributed by atoms with van der Waals surface area (Å²) < 4.78 is 0. The monoisotopic (exact) mass is 193 g/mol. The van der Waals surface area contributed by atoms with Crippen molar-refractivity contribution in [2.75, 3.05) is 0 Å². The van der Waals surface area contributed by atoms with Crippen molar-refractivity contribution in [1.82, 2.24) is 4.98 Å². The number of hydrogen-bond donors (Lipinski definition) is 1. The largest absolute Gasteiger partial charge is 0.361 e. The lowest BCUT2D eigenvalue weighted by molar-refractivity contribution is 0.929. The van der Waals surface area contributed by atoms with Crippen molar-refractivity contribution in [3.63, 3.8) is 0 Å². The van der Waals surface area contributed by atoms with Crippen LogP contribution in [0.15, 0.2) is 24.4 Å². The van der Waals surface area contributed by atoms with Gasteiger partial charge in [0.1, 0.15) is 0 Å². The topological polar surface area (TPSA) is 15.8 Å². The normalized spacial score (nSPS) is 10.9. The highest BCUT2D eigenvalue weighted by Crippen LogP contribution is 2.26. The second-order valence-electron chi connectivity index (χ2n) is 3.23. The Morgan fingerprint density at radius 1 is 1.38 bits per heavy atom. The zero-order chi connectivity index (χ0) is 9.26. The minimum Gasteiger partial charge on any atom is -0.361 e. The third kappa shape index (κ3) is 1.44. The summed E-state index contributed by atoms with van der Waals surface area (Å²) >= 11 is 6.12. The molecule has 2 heteroatoms. The maximum atomic E-state index is 6.12. The number of aryl methyl sites for hydroxylation is 1. The van der Waals surface area contributed by atoms with Crippen molar-refractivity contribution in [3.8, 4) is 0 Å². The van der Waals surface area contributed by atoms with Crippen molar-refractivity contribution in [2.24, 2.45) is 0 Å². The molecule has 1 nitrogen and oxygen atoms in total. The number of hydrogen-bond acceptors (Lipinski definition) is 0. The van der Waals surface area contributed by atoms with Crippen molar-refractivity contribution >= 4 is 22.5 Å². The molecule has 1 aromatic heterocycles. The Bertz CT molecular complexity index is 417. The maximum Gasteiger partial charge on any atom is 0.0502 e. The number of halogens is 1. The molecule has 0 aliphatic rings. The summed E-state index contributed by atoms with van der Waals surface area (Å²) in [7, 11) is 0. The van der Waals surface area contributed by atoms with E-state index < -0.39 is 0 Å². The van der Waals surface area contributed by atoms with E-state index in [1.165, 1.54) is 10.9 Å². The van der Waals surface area contributed by atoms with Gasteiger partial charge in [0.25, 0.3) is 0 Å². The Morgan fingerprint density at radius 3 is 3.00 bits per heavy atom. The Kier molecular flexibility index (Phi) is 2.28. The van der Waals surface area contributed by atoms with E-state index in [-0.39, 0.29) is 0 Å². The summed E-state index contributed by atoms with van der Waals surface area (Å²) in [6.07, 6.45) is 4.29. The Hall–Kier alpha value is -0.950. The average Bonchev–Trinajstić information content (AvgIpc) is 2.51. The van der Waals surface area contributed by atoms with Gasteiger partial charge in [-0.25, -0.2) is 0 Å². The zero-order valence-electron chi connectivity index (χ0n) is 7.60. The predicted molar refractivity (Wildman–Crippen MR) is 57.3 cm³/mol. The quantitative estimate of drug-likeness (QED) is 0.748. The lowest BCUT2D eigenvalue weighted by Crippen LogP contribution is -1.79. The highest BCUT2D eigenvalue weighted by Gasteiger charge is 2.05. The smallest absolute Gasteiger partial charge is 0.0502 e. The molecule has 0 aliphatic heterocycles. The van der Waals surface area contributed by atoms with Gasteiger partial charge in [-0.3, -0.25) is 0 Å². The van der Waals surface area contributed by atoms with Crippen LogP contribution in [0.25, 0.3) is 10.9 Å². The van der Waals surface area contributed by atoms with Gasteiger partial charge >= 0.3 is 0 Å². The van der Waals surface area contributed by atoms with Crippen LogP contribution in [-0.2, 0) is 6.42 Å². The number of nitrogens with one attached hydrogen (secondary N) is 1. The average molecular weight is 194 g/mol. The molecule has 1 aromatic carbocycles. The lowest BCUT2D eigenvalue weighted by Gasteiger charge is -1.97. The highest BCUT2D eigenvalue weighted by atomic mass is 35.5. The van der Waals surface area contributed by atoms with Gasteiger partial charge in [-0.05, 0) is 24.1 Å². The molecule has 0 unspecified atom stereocenters. The van der Waals surface area contributed by atoms with Crippen LogP contribution in [0.1, 0.15) is 18.9 Å². The lowest BCUT2D eigenvalue weighted by atomic mass is 10.1. The van der Waals surface area contributed by atoms with Crippen LogP contribution in [0, 0.1) is 0 Å². The van der Waals surface area contributed by atoms with Crippen LogP contribution in [0.5, 0.6) is 0 Å². The van der Waals surface area contributed by atoms with Crippen molar-refractivity contribution in [3.05, 3.63) is 35.0 Å². The SMILES string of the molecule is CCCc1c[nH]c2cccc(Cl)c12. The molecule has 0 atom stereocenters. The Labute approximate surface area is 82.7 Å². The molecule has 0 spiro atoms. The number of fused-ring (bicyclic) bond motifs is 1. The summed E-state index contributed by atoms with van der Waals surface area (Å²) in [5, 5.41) is 2.04. The van der Waals surface area contributed by atoms with Crippen LogP contribution < -0.4 is 0 Å². The van der Waals surface area contributed by atoms with Crippen LogP contribution >= 0.6 is 11.6 Å². The molecule has 13 heavy (non-hydrogen) atoms. The second-order valence-corrected chi connectivity index (χ2v) is 3.63. The molecule has 0 bridgehead atoms. The fraction of sp³-hybridized carbons (Fsp3) is 0.273. The fourth-order valence-electron chi connectivity index (χ4n) is 1.67. The molecule has 0 radical (unpaired) electrons. The van der Waals surface area contributed by atoms with E-state index in [2.05, 4.69) is 24.2 Å². The van der Waals surface area contributed by atoms with E-state index in [0.29, 0.717) is 0 Å². The van der Waals surface area contributed by atoms with Crippen molar-refractivity contribution in [1.29, 1.82) is 0 Å². The summed E-state index contributed by atoms with van der Waals surface area (Å²) in [5.74, 6) is 0. The number of aromatic nitrogens is 1. The van der Waals surface area contributed by atoms with Gasteiger partial charge in [0.2, 0.25) is 0 Å². The maximum absolute atomic E-state index is 6.12. The minimum atomic E-state index is 0.849. The fourth-order valence-corrected chi connectivity index (χ4v) is 1.97. The Balaban J connectivity index is 2.64. The summed E-state index contributed by atoms with van der Waals surface area (Å²) in [6, 6.07) is 5.97.